The fraction of sp³-hybridized carbons (Fsp3) is 0.636. The van der Waals surface area contributed by atoms with Gasteiger partial charge in [0, 0.05) is 17.2 Å². The first kappa shape index (κ1) is 16.3. The van der Waals surface area contributed by atoms with Crippen molar-refractivity contribution in [2.75, 3.05) is 0 Å². The first-order chi connectivity index (χ1) is 9.84. The van der Waals surface area contributed by atoms with E-state index in [4.69, 9.17) is 10.7 Å². The van der Waals surface area contributed by atoms with E-state index >= 15 is 0 Å². The van der Waals surface area contributed by atoms with Crippen LogP contribution in [0.2, 0.25) is 0 Å². The summed E-state index contributed by atoms with van der Waals surface area (Å²) in [7, 11) is 1.49. The van der Waals surface area contributed by atoms with Gasteiger partial charge in [-0.1, -0.05) is 31.7 Å². The van der Waals surface area contributed by atoms with Crippen LogP contribution >= 0.6 is 22.2 Å². The molecule has 0 amide bonds. The van der Waals surface area contributed by atoms with E-state index < -0.39 is 9.05 Å². The third-order valence-electron chi connectivity index (χ3n) is 2.73. The van der Waals surface area contributed by atoms with E-state index in [9.17, 15) is 8.42 Å². The van der Waals surface area contributed by atoms with Crippen LogP contribution in [0.4, 0.5) is 0 Å². The van der Waals surface area contributed by atoms with E-state index in [2.05, 4.69) is 19.8 Å². The lowest BCUT2D eigenvalue weighted by atomic mass is 10.2. The monoisotopic (exact) mass is 349 g/mol. The van der Waals surface area contributed by atoms with Crippen molar-refractivity contribution >= 4 is 31.3 Å². The molecule has 0 aromatic carbocycles. The van der Waals surface area contributed by atoms with Crippen molar-refractivity contribution in [3.05, 3.63) is 5.69 Å². The number of hydrogen-bond donors (Lipinski definition) is 0. The van der Waals surface area contributed by atoms with E-state index in [0.29, 0.717) is 12.4 Å². The highest BCUT2D eigenvalue weighted by Gasteiger charge is 2.26. The summed E-state index contributed by atoms with van der Waals surface area (Å²) in [6, 6.07) is 0. The smallest absolute Gasteiger partial charge is 0.296 e. The zero-order chi connectivity index (χ0) is 15.6. The molecular formula is C11H16ClN5O2S2. The Kier molecular flexibility index (Phi) is 4.95. The molecule has 21 heavy (non-hydrogen) atoms. The molecule has 0 fully saturated rings. The van der Waals surface area contributed by atoms with E-state index in [1.54, 1.807) is 0 Å². The standard InChI is InChI=1S/C11H16ClN5O2S2/c1-4-5-8-9(20-16-13-8)10-14-15-11(21(12,18)19)17(10)6-7(2)3/h7H,4-6H2,1-3H3. The van der Waals surface area contributed by atoms with Crippen LogP contribution in [-0.2, 0) is 22.0 Å². The first-order valence-electron chi connectivity index (χ1n) is 6.54. The third kappa shape index (κ3) is 3.58. The predicted octanol–water partition coefficient (Wildman–Crippen LogP) is 2.33. The zero-order valence-electron chi connectivity index (χ0n) is 11.9. The molecule has 10 heteroatoms. The van der Waals surface area contributed by atoms with Gasteiger partial charge in [-0.15, -0.1) is 15.3 Å². The van der Waals surface area contributed by atoms with Crippen molar-refractivity contribution < 1.29 is 8.42 Å². The van der Waals surface area contributed by atoms with Crippen molar-refractivity contribution in [3.8, 4) is 10.7 Å². The van der Waals surface area contributed by atoms with Gasteiger partial charge in [0.2, 0.25) is 0 Å². The second kappa shape index (κ2) is 6.37. The van der Waals surface area contributed by atoms with E-state index in [-0.39, 0.29) is 11.1 Å². The van der Waals surface area contributed by atoms with Crippen LogP contribution in [0, 0.1) is 5.92 Å². The maximum atomic E-state index is 11.6. The lowest BCUT2D eigenvalue weighted by molar-refractivity contribution is 0.489. The molecule has 0 spiro atoms. The molecule has 0 bridgehead atoms. The Morgan fingerprint density at radius 3 is 2.57 bits per heavy atom. The van der Waals surface area contributed by atoms with E-state index in [1.165, 1.54) is 16.1 Å². The summed E-state index contributed by atoms with van der Waals surface area (Å²) in [5.74, 6) is 0.675. The van der Waals surface area contributed by atoms with Gasteiger partial charge in [-0.25, -0.2) is 8.42 Å². The Hall–Kier alpha value is -1.06. The van der Waals surface area contributed by atoms with Crippen LogP contribution in [0.5, 0.6) is 0 Å². The fourth-order valence-electron chi connectivity index (χ4n) is 1.95. The molecule has 7 nitrogen and oxygen atoms in total. The van der Waals surface area contributed by atoms with Crippen molar-refractivity contribution in [2.24, 2.45) is 5.92 Å². The molecule has 0 atom stereocenters. The maximum Gasteiger partial charge on any atom is 0.296 e. The van der Waals surface area contributed by atoms with E-state index in [1.807, 2.05) is 20.8 Å². The number of halogens is 1. The van der Waals surface area contributed by atoms with Crippen molar-refractivity contribution in [1.82, 2.24) is 24.4 Å². The van der Waals surface area contributed by atoms with Gasteiger partial charge in [0.15, 0.2) is 5.82 Å². The molecule has 2 heterocycles. The highest BCUT2D eigenvalue weighted by Crippen LogP contribution is 2.28. The number of aromatic nitrogens is 5. The number of nitrogens with zero attached hydrogens (tertiary/aromatic N) is 5. The fourth-order valence-corrected chi connectivity index (χ4v) is 3.55. The highest BCUT2D eigenvalue weighted by molar-refractivity contribution is 8.13. The minimum absolute atomic E-state index is 0.215. The second-order valence-electron chi connectivity index (χ2n) is 5.05. The van der Waals surface area contributed by atoms with Gasteiger partial charge < -0.3 is 0 Å². The van der Waals surface area contributed by atoms with Crippen molar-refractivity contribution in [1.29, 1.82) is 0 Å². The number of aryl methyl sites for hydroxylation is 1. The van der Waals surface area contributed by atoms with Gasteiger partial charge in [0.1, 0.15) is 4.88 Å². The van der Waals surface area contributed by atoms with Crippen LogP contribution in [0.3, 0.4) is 0 Å². The summed E-state index contributed by atoms with van der Waals surface area (Å²) in [5, 5.41) is 11.6. The summed E-state index contributed by atoms with van der Waals surface area (Å²) in [4.78, 5) is 0.747. The molecule has 116 valence electrons. The minimum Gasteiger partial charge on any atom is -0.296 e. The van der Waals surface area contributed by atoms with Crippen LogP contribution in [0.1, 0.15) is 32.9 Å². The molecule has 0 unspecified atom stereocenters. The summed E-state index contributed by atoms with van der Waals surface area (Å²) in [6.07, 6.45) is 1.67. The Balaban J connectivity index is 2.58. The molecule has 0 N–H and O–H groups in total. The molecule has 0 aliphatic rings. The van der Waals surface area contributed by atoms with Crippen molar-refractivity contribution in [2.45, 2.75) is 45.3 Å². The molecule has 0 saturated carbocycles. The Morgan fingerprint density at radius 2 is 2.00 bits per heavy atom. The average molecular weight is 350 g/mol. The van der Waals surface area contributed by atoms with Gasteiger partial charge in [0.25, 0.3) is 14.2 Å². The minimum atomic E-state index is -3.95. The van der Waals surface area contributed by atoms with Gasteiger partial charge in [-0.2, -0.15) is 0 Å². The Labute approximate surface area is 131 Å². The SMILES string of the molecule is CCCc1nnsc1-c1nnc(S(=O)(=O)Cl)n1CC(C)C. The van der Waals surface area contributed by atoms with Gasteiger partial charge >= 0.3 is 0 Å². The lowest BCUT2D eigenvalue weighted by Gasteiger charge is -2.10. The average Bonchev–Trinajstić information content (AvgIpc) is 2.94. The molecule has 2 aromatic heterocycles. The van der Waals surface area contributed by atoms with Crippen LogP contribution in [0.25, 0.3) is 10.7 Å². The lowest BCUT2D eigenvalue weighted by Crippen LogP contribution is -2.12. The molecule has 2 aromatic rings. The summed E-state index contributed by atoms with van der Waals surface area (Å²) in [5.41, 5.74) is 0.804. The largest absolute Gasteiger partial charge is 0.296 e. The quantitative estimate of drug-likeness (QED) is 0.743. The van der Waals surface area contributed by atoms with Gasteiger partial charge in [0.05, 0.1) is 5.69 Å². The predicted molar refractivity (Wildman–Crippen MR) is 80.8 cm³/mol. The number of rotatable bonds is 6. The van der Waals surface area contributed by atoms with Crippen molar-refractivity contribution in [3.63, 3.8) is 0 Å². The zero-order valence-corrected chi connectivity index (χ0v) is 14.3. The molecule has 0 radical (unpaired) electrons. The summed E-state index contributed by atoms with van der Waals surface area (Å²) < 4.78 is 28.8. The third-order valence-corrected chi connectivity index (χ3v) is 4.64. The topological polar surface area (TPSA) is 90.6 Å². The normalized spacial score (nSPS) is 12.2. The Morgan fingerprint density at radius 1 is 1.29 bits per heavy atom. The maximum absolute atomic E-state index is 11.6. The molecule has 2 rings (SSSR count). The highest BCUT2D eigenvalue weighted by atomic mass is 35.7. The van der Waals surface area contributed by atoms with Crippen LogP contribution < -0.4 is 0 Å². The molecule has 0 saturated heterocycles. The van der Waals surface area contributed by atoms with E-state index in [0.717, 1.165) is 23.4 Å². The molecule has 0 aliphatic heterocycles. The van der Waals surface area contributed by atoms with Gasteiger partial charge in [-0.05, 0) is 23.9 Å². The van der Waals surface area contributed by atoms with Crippen LogP contribution in [-0.4, -0.2) is 32.8 Å². The summed E-state index contributed by atoms with van der Waals surface area (Å²) >= 11 is 1.19. The second-order valence-corrected chi connectivity index (χ2v) is 8.26. The molecular weight excluding hydrogens is 334 g/mol. The number of hydrogen-bond acceptors (Lipinski definition) is 7. The first-order valence-corrected chi connectivity index (χ1v) is 9.62. The Bertz CT molecular complexity index is 723. The van der Waals surface area contributed by atoms with Crippen LogP contribution in [0.15, 0.2) is 5.16 Å². The molecule has 0 aliphatic carbocycles. The summed E-state index contributed by atoms with van der Waals surface area (Å²) in [6.45, 7) is 6.45. The van der Waals surface area contributed by atoms with Gasteiger partial charge in [-0.3, -0.25) is 4.57 Å².